The molecule has 0 radical (unpaired) electrons. The molecule has 0 N–H and O–H groups in total. The summed E-state index contributed by atoms with van der Waals surface area (Å²) in [6.07, 6.45) is 13.0. The molecule has 0 aromatic rings. The number of hydrogen-bond acceptors (Lipinski definition) is 2. The van der Waals surface area contributed by atoms with Crippen molar-refractivity contribution in [3.63, 3.8) is 0 Å². The van der Waals surface area contributed by atoms with Crippen molar-refractivity contribution in [1.82, 2.24) is 0 Å². The van der Waals surface area contributed by atoms with Crippen LogP contribution in [-0.2, 0) is 8.85 Å². The Morgan fingerprint density at radius 2 is 1.43 bits per heavy atom. The van der Waals surface area contributed by atoms with Crippen LogP contribution >= 0.6 is 0 Å². The second kappa shape index (κ2) is 17.3. The van der Waals surface area contributed by atoms with Gasteiger partial charge in [0.05, 0.1) is 0 Å². The van der Waals surface area contributed by atoms with E-state index in [1.807, 2.05) is 6.92 Å². The smallest absolute Gasteiger partial charge is 0.338 e. The SMILES string of the molecule is C=C(C)C#CC(CC(C)C)O[Si](CC)(CC)OCCCCCCCCCCC. The quantitative estimate of drug-likeness (QED) is 0.138. The Morgan fingerprint density at radius 3 is 1.89 bits per heavy atom. The highest BCUT2D eigenvalue weighted by Crippen LogP contribution is 2.24. The van der Waals surface area contributed by atoms with Crippen LogP contribution in [0.15, 0.2) is 12.2 Å². The third-order valence-corrected chi connectivity index (χ3v) is 8.78. The fourth-order valence-electron chi connectivity index (χ4n) is 3.35. The van der Waals surface area contributed by atoms with Gasteiger partial charge in [-0.3, -0.25) is 0 Å². The lowest BCUT2D eigenvalue weighted by Crippen LogP contribution is -2.44. The van der Waals surface area contributed by atoms with Crippen LogP contribution in [0, 0.1) is 17.8 Å². The van der Waals surface area contributed by atoms with Crippen LogP contribution in [0.4, 0.5) is 0 Å². The number of hydrogen-bond donors (Lipinski definition) is 0. The predicted octanol–water partition coefficient (Wildman–Crippen LogP) is 8.03. The molecule has 0 amide bonds. The summed E-state index contributed by atoms with van der Waals surface area (Å²) in [5, 5.41) is 0. The molecule has 0 aromatic carbocycles. The molecule has 2 nitrogen and oxygen atoms in total. The molecule has 1 atom stereocenters. The molecule has 0 saturated heterocycles. The first-order valence-electron chi connectivity index (χ1n) is 11.9. The largest absolute Gasteiger partial charge is 0.394 e. The van der Waals surface area contributed by atoms with E-state index >= 15 is 0 Å². The zero-order valence-corrected chi connectivity index (χ0v) is 20.9. The molecule has 3 heteroatoms. The lowest BCUT2D eigenvalue weighted by molar-refractivity contribution is 0.128. The third-order valence-electron chi connectivity index (χ3n) is 5.18. The van der Waals surface area contributed by atoms with Gasteiger partial charge in [-0.2, -0.15) is 0 Å². The number of unbranched alkanes of at least 4 members (excludes halogenated alkanes) is 8. The average molecular weight is 409 g/mol. The summed E-state index contributed by atoms with van der Waals surface area (Å²) < 4.78 is 13.0. The van der Waals surface area contributed by atoms with Crippen LogP contribution in [-0.4, -0.2) is 21.3 Å². The summed E-state index contributed by atoms with van der Waals surface area (Å²) in [7, 11) is -2.17. The summed E-state index contributed by atoms with van der Waals surface area (Å²) in [5.41, 5.74) is 0.897. The maximum atomic E-state index is 6.58. The predicted molar refractivity (Wildman–Crippen MR) is 127 cm³/mol. The minimum absolute atomic E-state index is 0.0358. The molecule has 0 spiro atoms. The van der Waals surface area contributed by atoms with Gasteiger partial charge in [-0.15, -0.1) is 0 Å². The van der Waals surface area contributed by atoms with Crippen LogP contribution in [0.3, 0.4) is 0 Å². The summed E-state index contributed by atoms with van der Waals surface area (Å²) in [6.45, 7) is 17.8. The molecule has 0 heterocycles. The fourth-order valence-corrected chi connectivity index (χ4v) is 5.85. The van der Waals surface area contributed by atoms with Crippen molar-refractivity contribution >= 4 is 8.56 Å². The molecular weight excluding hydrogens is 360 g/mol. The summed E-state index contributed by atoms with van der Waals surface area (Å²) in [4.78, 5) is 0. The van der Waals surface area contributed by atoms with Gasteiger partial charge in [-0.25, -0.2) is 0 Å². The van der Waals surface area contributed by atoms with Gasteiger partial charge in [-0.1, -0.05) is 104 Å². The summed E-state index contributed by atoms with van der Waals surface area (Å²) in [5.74, 6) is 6.98. The zero-order chi connectivity index (χ0) is 21.3. The first kappa shape index (κ1) is 27.4. The lowest BCUT2D eigenvalue weighted by Gasteiger charge is -2.32. The minimum atomic E-state index is -2.17. The Labute approximate surface area is 178 Å². The molecule has 0 fully saturated rings. The van der Waals surface area contributed by atoms with E-state index in [1.165, 1.54) is 51.4 Å². The molecule has 164 valence electrons. The molecular formula is C25H48O2Si. The second-order valence-electron chi connectivity index (χ2n) is 8.58. The standard InChI is InChI=1S/C25H48O2Si/c1-8-11-12-13-14-15-16-17-18-21-26-28(9-2,10-3)27-25(22-24(6)7)20-19-23(4)5/h24-25H,4,8-18,21-22H2,1-3,5-7H3. The molecule has 28 heavy (non-hydrogen) atoms. The van der Waals surface area contributed by atoms with Crippen molar-refractivity contribution in [1.29, 1.82) is 0 Å². The summed E-state index contributed by atoms with van der Waals surface area (Å²) in [6, 6.07) is 1.98. The molecule has 0 aliphatic heterocycles. The fraction of sp³-hybridized carbons (Fsp3) is 0.840. The van der Waals surface area contributed by atoms with Gasteiger partial charge < -0.3 is 8.85 Å². The van der Waals surface area contributed by atoms with E-state index < -0.39 is 8.56 Å². The number of rotatable bonds is 17. The molecule has 0 rings (SSSR count). The lowest BCUT2D eigenvalue weighted by atomic mass is 10.1. The summed E-state index contributed by atoms with van der Waals surface area (Å²) >= 11 is 0. The van der Waals surface area contributed by atoms with Crippen molar-refractivity contribution in [2.24, 2.45) is 5.92 Å². The normalized spacial score (nSPS) is 12.7. The van der Waals surface area contributed by atoms with Crippen LogP contribution < -0.4 is 0 Å². The Hall–Kier alpha value is -0.563. The Balaban J connectivity index is 4.37. The first-order chi connectivity index (χ1) is 13.4. The van der Waals surface area contributed by atoms with Gasteiger partial charge in [0.1, 0.15) is 6.10 Å². The van der Waals surface area contributed by atoms with Crippen molar-refractivity contribution in [3.05, 3.63) is 12.2 Å². The monoisotopic (exact) mass is 408 g/mol. The van der Waals surface area contributed by atoms with Crippen LogP contribution in [0.25, 0.3) is 0 Å². The highest BCUT2D eigenvalue weighted by Gasteiger charge is 2.36. The average Bonchev–Trinajstić information content (AvgIpc) is 2.66. The van der Waals surface area contributed by atoms with Crippen molar-refractivity contribution < 1.29 is 8.85 Å². The molecule has 0 aliphatic carbocycles. The van der Waals surface area contributed by atoms with Gasteiger partial charge in [0.2, 0.25) is 0 Å². The van der Waals surface area contributed by atoms with E-state index in [9.17, 15) is 0 Å². The topological polar surface area (TPSA) is 18.5 Å². The van der Waals surface area contributed by atoms with Gasteiger partial charge in [0.15, 0.2) is 0 Å². The molecule has 0 aliphatic rings. The van der Waals surface area contributed by atoms with Gasteiger partial charge in [0.25, 0.3) is 0 Å². The number of allylic oxidation sites excluding steroid dienone is 1. The zero-order valence-electron chi connectivity index (χ0n) is 19.9. The first-order valence-corrected chi connectivity index (χ1v) is 14.1. The van der Waals surface area contributed by atoms with E-state index in [1.54, 1.807) is 0 Å². The highest BCUT2D eigenvalue weighted by atomic mass is 28.4. The molecule has 0 bridgehead atoms. The molecule has 0 aromatic heterocycles. The van der Waals surface area contributed by atoms with E-state index in [4.69, 9.17) is 8.85 Å². The molecule has 0 saturated carbocycles. The maximum Gasteiger partial charge on any atom is 0.338 e. The van der Waals surface area contributed by atoms with Crippen molar-refractivity contribution in [3.8, 4) is 11.8 Å². The Kier molecular flexibility index (Phi) is 17.0. The minimum Gasteiger partial charge on any atom is -0.394 e. The highest BCUT2D eigenvalue weighted by molar-refractivity contribution is 6.67. The van der Waals surface area contributed by atoms with Gasteiger partial charge >= 0.3 is 8.56 Å². The van der Waals surface area contributed by atoms with Gasteiger partial charge in [-0.05, 0) is 43.3 Å². The Bertz CT molecular complexity index is 443. The van der Waals surface area contributed by atoms with E-state index in [0.29, 0.717) is 5.92 Å². The maximum absolute atomic E-state index is 6.58. The van der Waals surface area contributed by atoms with Crippen LogP contribution in [0.1, 0.15) is 106 Å². The van der Waals surface area contributed by atoms with Gasteiger partial charge in [0, 0.05) is 6.61 Å². The van der Waals surface area contributed by atoms with E-state index in [-0.39, 0.29) is 6.10 Å². The van der Waals surface area contributed by atoms with Crippen LogP contribution in [0.2, 0.25) is 12.1 Å². The van der Waals surface area contributed by atoms with Crippen molar-refractivity contribution in [2.75, 3.05) is 6.61 Å². The second-order valence-corrected chi connectivity index (χ2v) is 12.3. The van der Waals surface area contributed by atoms with E-state index in [2.05, 4.69) is 53.0 Å². The van der Waals surface area contributed by atoms with Crippen LogP contribution in [0.5, 0.6) is 0 Å². The van der Waals surface area contributed by atoms with Crippen molar-refractivity contribution in [2.45, 2.75) is 124 Å². The Morgan fingerprint density at radius 1 is 0.893 bits per heavy atom. The van der Waals surface area contributed by atoms with E-state index in [0.717, 1.165) is 37.1 Å². The third kappa shape index (κ3) is 14.4. The molecule has 1 unspecified atom stereocenters.